The maximum Gasteiger partial charge on any atom is 0.239 e. The lowest BCUT2D eigenvalue weighted by Gasteiger charge is -2.16. The molecule has 5 heteroatoms. The van der Waals surface area contributed by atoms with E-state index < -0.39 is 0 Å². The van der Waals surface area contributed by atoms with Gasteiger partial charge in [0.05, 0.1) is 6.54 Å². The lowest BCUT2D eigenvalue weighted by atomic mass is 10.1. The molecular formula is C11H23N3O2. The van der Waals surface area contributed by atoms with E-state index in [-0.39, 0.29) is 24.4 Å². The minimum atomic E-state index is -0.120. The second-order valence-corrected chi connectivity index (χ2v) is 4.07. The van der Waals surface area contributed by atoms with Crippen molar-refractivity contribution in [3.8, 4) is 0 Å². The van der Waals surface area contributed by atoms with Crippen LogP contribution in [0.1, 0.15) is 33.1 Å². The van der Waals surface area contributed by atoms with Crippen molar-refractivity contribution in [2.45, 2.75) is 39.2 Å². The van der Waals surface area contributed by atoms with Crippen LogP contribution < -0.4 is 11.1 Å². The van der Waals surface area contributed by atoms with E-state index in [4.69, 9.17) is 5.73 Å². The fourth-order valence-electron chi connectivity index (χ4n) is 1.32. The van der Waals surface area contributed by atoms with E-state index in [1.807, 2.05) is 13.8 Å². The number of rotatable bonds is 7. The molecule has 2 amide bonds. The summed E-state index contributed by atoms with van der Waals surface area (Å²) in [6.45, 7) is 4.49. The Bertz CT molecular complexity index is 229. The quantitative estimate of drug-likeness (QED) is 0.650. The molecule has 0 aliphatic heterocycles. The number of hydrogen-bond acceptors (Lipinski definition) is 3. The molecule has 0 aromatic carbocycles. The van der Waals surface area contributed by atoms with Crippen molar-refractivity contribution in [3.63, 3.8) is 0 Å². The Kier molecular flexibility index (Phi) is 7.54. The van der Waals surface area contributed by atoms with Crippen molar-refractivity contribution in [1.29, 1.82) is 0 Å². The highest BCUT2D eigenvalue weighted by atomic mass is 16.2. The summed E-state index contributed by atoms with van der Waals surface area (Å²) < 4.78 is 0. The Hall–Kier alpha value is -1.10. The van der Waals surface area contributed by atoms with Crippen LogP contribution in [-0.4, -0.2) is 42.9 Å². The van der Waals surface area contributed by atoms with E-state index in [0.717, 1.165) is 12.8 Å². The van der Waals surface area contributed by atoms with Crippen LogP contribution >= 0.6 is 0 Å². The Morgan fingerprint density at radius 1 is 1.44 bits per heavy atom. The van der Waals surface area contributed by atoms with Gasteiger partial charge in [-0.15, -0.1) is 0 Å². The predicted octanol–water partition coefficient (Wildman–Crippen LogP) is 0.0984. The molecule has 0 rings (SSSR count). The van der Waals surface area contributed by atoms with Crippen LogP contribution in [0.4, 0.5) is 0 Å². The second kappa shape index (κ2) is 8.10. The lowest BCUT2D eigenvalue weighted by Crippen LogP contribution is -2.38. The van der Waals surface area contributed by atoms with E-state index in [9.17, 15) is 9.59 Å². The van der Waals surface area contributed by atoms with E-state index in [1.165, 1.54) is 4.90 Å². The molecule has 0 aromatic rings. The van der Waals surface area contributed by atoms with Gasteiger partial charge in [0.25, 0.3) is 0 Å². The third-order valence-corrected chi connectivity index (χ3v) is 2.23. The number of carbonyl (C=O) groups is 2. The number of nitrogens with zero attached hydrogens (tertiary/aromatic N) is 1. The van der Waals surface area contributed by atoms with Gasteiger partial charge in [0, 0.05) is 26.1 Å². The van der Waals surface area contributed by atoms with Crippen molar-refractivity contribution >= 4 is 11.8 Å². The number of nitrogens with one attached hydrogen (secondary N) is 1. The highest BCUT2D eigenvalue weighted by Gasteiger charge is 2.11. The standard InChI is InChI=1S/C11H23N3O2/c1-4-13-10(15)8-14(3)11(16)7-5-6-9(2)12/h9H,4-8,12H2,1-3H3,(H,13,15). The molecule has 5 nitrogen and oxygen atoms in total. The molecule has 3 N–H and O–H groups in total. The number of hydrogen-bond donors (Lipinski definition) is 2. The zero-order valence-electron chi connectivity index (χ0n) is 10.5. The Morgan fingerprint density at radius 3 is 2.56 bits per heavy atom. The highest BCUT2D eigenvalue weighted by molar-refractivity contribution is 5.84. The normalized spacial score (nSPS) is 12.0. The van der Waals surface area contributed by atoms with Gasteiger partial charge in [-0.1, -0.05) is 0 Å². The molecule has 0 aliphatic carbocycles. The smallest absolute Gasteiger partial charge is 0.239 e. The molecule has 0 fully saturated rings. The molecule has 0 spiro atoms. The lowest BCUT2D eigenvalue weighted by molar-refractivity contribution is -0.134. The zero-order chi connectivity index (χ0) is 12.6. The fraction of sp³-hybridized carbons (Fsp3) is 0.818. The van der Waals surface area contributed by atoms with Gasteiger partial charge in [-0.05, 0) is 26.7 Å². The molecule has 0 aromatic heterocycles. The summed E-state index contributed by atoms with van der Waals surface area (Å²) in [6.07, 6.45) is 2.06. The summed E-state index contributed by atoms with van der Waals surface area (Å²) in [7, 11) is 1.64. The summed E-state index contributed by atoms with van der Waals surface area (Å²) in [5, 5.41) is 2.65. The summed E-state index contributed by atoms with van der Waals surface area (Å²) >= 11 is 0. The zero-order valence-corrected chi connectivity index (χ0v) is 10.5. The second-order valence-electron chi connectivity index (χ2n) is 4.07. The highest BCUT2D eigenvalue weighted by Crippen LogP contribution is 2.01. The maximum absolute atomic E-state index is 11.6. The Morgan fingerprint density at radius 2 is 2.06 bits per heavy atom. The Labute approximate surface area is 97.4 Å². The van der Waals surface area contributed by atoms with Gasteiger partial charge < -0.3 is 16.0 Å². The minimum Gasteiger partial charge on any atom is -0.355 e. The molecule has 94 valence electrons. The van der Waals surface area contributed by atoms with Crippen LogP contribution in [0.25, 0.3) is 0 Å². The van der Waals surface area contributed by atoms with Crippen LogP contribution in [0.15, 0.2) is 0 Å². The Balaban J connectivity index is 3.77. The first kappa shape index (κ1) is 14.9. The summed E-state index contributed by atoms with van der Waals surface area (Å²) in [6, 6.07) is 0.126. The van der Waals surface area contributed by atoms with Gasteiger partial charge in [0.2, 0.25) is 11.8 Å². The summed E-state index contributed by atoms with van der Waals surface area (Å²) in [4.78, 5) is 24.2. The minimum absolute atomic E-state index is 0.00750. The predicted molar refractivity (Wildman–Crippen MR) is 63.8 cm³/mol. The van der Waals surface area contributed by atoms with Crippen LogP contribution in [0, 0.1) is 0 Å². The molecule has 16 heavy (non-hydrogen) atoms. The van der Waals surface area contributed by atoms with E-state index in [1.54, 1.807) is 7.05 Å². The largest absolute Gasteiger partial charge is 0.355 e. The first-order valence-corrected chi connectivity index (χ1v) is 5.73. The number of likely N-dealkylation sites (N-methyl/N-ethyl adjacent to an activating group) is 2. The number of carbonyl (C=O) groups excluding carboxylic acids is 2. The molecule has 0 saturated carbocycles. The van der Waals surface area contributed by atoms with Crippen LogP contribution in [0.2, 0.25) is 0 Å². The van der Waals surface area contributed by atoms with Crippen molar-refractivity contribution < 1.29 is 9.59 Å². The third-order valence-electron chi connectivity index (χ3n) is 2.23. The van der Waals surface area contributed by atoms with Gasteiger partial charge in [0.1, 0.15) is 0 Å². The molecule has 0 heterocycles. The number of amides is 2. The van der Waals surface area contributed by atoms with Crippen molar-refractivity contribution in [2.24, 2.45) is 5.73 Å². The average molecular weight is 229 g/mol. The van der Waals surface area contributed by atoms with E-state index in [2.05, 4.69) is 5.32 Å². The van der Waals surface area contributed by atoms with Crippen molar-refractivity contribution in [2.75, 3.05) is 20.1 Å². The maximum atomic E-state index is 11.6. The molecule has 0 radical (unpaired) electrons. The topological polar surface area (TPSA) is 75.4 Å². The molecular weight excluding hydrogens is 206 g/mol. The van der Waals surface area contributed by atoms with E-state index in [0.29, 0.717) is 13.0 Å². The van der Waals surface area contributed by atoms with Gasteiger partial charge >= 0.3 is 0 Å². The van der Waals surface area contributed by atoms with Gasteiger partial charge in [-0.25, -0.2) is 0 Å². The SMILES string of the molecule is CCNC(=O)CN(C)C(=O)CCCC(C)N. The number of nitrogens with two attached hydrogens (primary N) is 1. The molecule has 0 bridgehead atoms. The third kappa shape index (κ3) is 7.23. The molecule has 1 unspecified atom stereocenters. The average Bonchev–Trinajstić information content (AvgIpc) is 2.17. The van der Waals surface area contributed by atoms with Crippen LogP contribution in [0.3, 0.4) is 0 Å². The van der Waals surface area contributed by atoms with Gasteiger partial charge in [0.15, 0.2) is 0 Å². The van der Waals surface area contributed by atoms with Crippen LogP contribution in [0.5, 0.6) is 0 Å². The molecule has 0 saturated heterocycles. The monoisotopic (exact) mass is 229 g/mol. The van der Waals surface area contributed by atoms with Gasteiger partial charge in [-0.3, -0.25) is 9.59 Å². The van der Waals surface area contributed by atoms with Crippen molar-refractivity contribution in [1.82, 2.24) is 10.2 Å². The first-order chi connectivity index (χ1) is 7.47. The molecule has 1 atom stereocenters. The first-order valence-electron chi connectivity index (χ1n) is 5.73. The fourth-order valence-corrected chi connectivity index (χ4v) is 1.32. The summed E-state index contributed by atoms with van der Waals surface area (Å²) in [5.74, 6) is -0.127. The van der Waals surface area contributed by atoms with Gasteiger partial charge in [-0.2, -0.15) is 0 Å². The van der Waals surface area contributed by atoms with Crippen molar-refractivity contribution in [3.05, 3.63) is 0 Å². The molecule has 0 aliphatic rings. The van der Waals surface area contributed by atoms with E-state index >= 15 is 0 Å². The summed E-state index contributed by atoms with van der Waals surface area (Å²) in [5.41, 5.74) is 5.59. The van der Waals surface area contributed by atoms with Crippen LogP contribution in [-0.2, 0) is 9.59 Å².